The number of rotatable bonds is 3. The molecule has 0 saturated heterocycles. The van der Waals surface area contributed by atoms with Gasteiger partial charge < -0.3 is 0 Å². The minimum Gasteiger partial charge on any atom is -0.294 e. The minimum absolute atomic E-state index is 0.0209. The molecule has 0 amide bonds. The summed E-state index contributed by atoms with van der Waals surface area (Å²) in [6, 6.07) is 9.38. The highest BCUT2D eigenvalue weighted by Gasteiger charge is 2.10. The van der Waals surface area contributed by atoms with Gasteiger partial charge in [-0.1, -0.05) is 63.3 Å². The summed E-state index contributed by atoms with van der Waals surface area (Å²) < 4.78 is 0. The first-order chi connectivity index (χ1) is 7.25. The molecular formula is C14H20O. The van der Waals surface area contributed by atoms with E-state index in [1.54, 1.807) is 0 Å². The predicted octanol–water partition coefficient (Wildman–Crippen LogP) is 4.11. The molecule has 0 aromatic heterocycles. The highest BCUT2D eigenvalue weighted by atomic mass is 16.1. The lowest BCUT2D eigenvalue weighted by Gasteiger charge is -2.04. The lowest BCUT2D eigenvalue weighted by Crippen LogP contribution is -2.08. The van der Waals surface area contributed by atoms with Gasteiger partial charge in [0, 0.05) is 11.5 Å². The third-order valence-corrected chi connectivity index (χ3v) is 1.95. The maximum absolute atomic E-state index is 11.7. The van der Waals surface area contributed by atoms with Crippen LogP contribution in [0.5, 0.6) is 0 Å². The van der Waals surface area contributed by atoms with Gasteiger partial charge in [0.05, 0.1) is 0 Å². The number of hydrogen-bond acceptors (Lipinski definition) is 1. The summed E-state index contributed by atoms with van der Waals surface area (Å²) in [4.78, 5) is 11.7. The maximum Gasteiger partial charge on any atom is 0.169 e. The Hall–Kier alpha value is -1.37. The Morgan fingerprint density at radius 2 is 1.73 bits per heavy atom. The molecule has 0 unspecified atom stereocenters. The van der Waals surface area contributed by atoms with Gasteiger partial charge >= 0.3 is 0 Å². The molecule has 0 bridgehead atoms. The van der Waals surface area contributed by atoms with E-state index in [0.29, 0.717) is 0 Å². The fourth-order valence-corrected chi connectivity index (χ4v) is 1.24. The minimum atomic E-state index is -0.0209. The van der Waals surface area contributed by atoms with Crippen LogP contribution < -0.4 is 0 Å². The molecule has 0 radical (unpaired) electrons. The summed E-state index contributed by atoms with van der Waals surface area (Å²) >= 11 is 0. The van der Waals surface area contributed by atoms with Crippen molar-refractivity contribution in [1.82, 2.24) is 0 Å². The van der Waals surface area contributed by atoms with Crippen LogP contribution in [0.2, 0.25) is 0 Å². The van der Waals surface area contributed by atoms with Gasteiger partial charge in [0.25, 0.3) is 0 Å². The normalized spacial score (nSPS) is 11.7. The van der Waals surface area contributed by atoms with Crippen LogP contribution in [0.15, 0.2) is 42.5 Å². The first kappa shape index (κ1) is 13.6. The Morgan fingerprint density at radius 3 is 2.20 bits per heavy atom. The summed E-state index contributed by atoms with van der Waals surface area (Å²) in [5, 5.41) is 0. The fraction of sp³-hybridized carbons (Fsp3) is 0.357. The fourth-order valence-electron chi connectivity index (χ4n) is 1.24. The van der Waals surface area contributed by atoms with Crippen LogP contribution >= 0.6 is 0 Å². The van der Waals surface area contributed by atoms with Crippen molar-refractivity contribution in [1.29, 1.82) is 0 Å². The lowest BCUT2D eigenvalue weighted by molar-refractivity contribution is 0.0953. The standard InChI is InChI=1S/C12H14O.C2H6/c1-3-7-10(2)12(13)11-8-5-4-6-9-11;1-2/h3-10H,1-2H3;1-2H3/b7-3+;/t10-;/m1./s1. The van der Waals surface area contributed by atoms with E-state index >= 15 is 0 Å². The van der Waals surface area contributed by atoms with Crippen molar-refractivity contribution in [3.63, 3.8) is 0 Å². The van der Waals surface area contributed by atoms with Crippen molar-refractivity contribution in [3.05, 3.63) is 48.0 Å². The van der Waals surface area contributed by atoms with E-state index in [1.807, 2.05) is 70.2 Å². The second kappa shape index (κ2) is 7.98. The van der Waals surface area contributed by atoms with Gasteiger partial charge in [0.2, 0.25) is 0 Å². The highest BCUT2D eigenvalue weighted by molar-refractivity contribution is 5.98. The Labute approximate surface area is 92.8 Å². The molecule has 0 aliphatic carbocycles. The van der Waals surface area contributed by atoms with E-state index < -0.39 is 0 Å². The number of benzene rings is 1. The maximum atomic E-state index is 11.7. The number of carbonyl (C=O) groups excluding carboxylic acids is 1. The quantitative estimate of drug-likeness (QED) is 0.535. The smallest absolute Gasteiger partial charge is 0.169 e. The molecule has 0 spiro atoms. The monoisotopic (exact) mass is 204 g/mol. The van der Waals surface area contributed by atoms with Crippen molar-refractivity contribution in [2.45, 2.75) is 27.7 Å². The Balaban J connectivity index is 0.000000921. The molecule has 1 aromatic rings. The number of ketones is 1. The third-order valence-electron chi connectivity index (χ3n) is 1.95. The molecule has 1 atom stereocenters. The van der Waals surface area contributed by atoms with Crippen molar-refractivity contribution < 1.29 is 4.79 Å². The molecule has 82 valence electrons. The molecule has 0 aliphatic rings. The van der Waals surface area contributed by atoms with Gasteiger partial charge in [0.1, 0.15) is 0 Å². The highest BCUT2D eigenvalue weighted by Crippen LogP contribution is 2.09. The van der Waals surface area contributed by atoms with Crippen molar-refractivity contribution in [3.8, 4) is 0 Å². The molecule has 0 fully saturated rings. The van der Waals surface area contributed by atoms with E-state index in [4.69, 9.17) is 0 Å². The van der Waals surface area contributed by atoms with Crippen molar-refractivity contribution >= 4 is 5.78 Å². The van der Waals surface area contributed by atoms with E-state index in [-0.39, 0.29) is 11.7 Å². The zero-order valence-electron chi connectivity index (χ0n) is 10.0. The zero-order chi connectivity index (χ0) is 11.7. The molecule has 0 heterocycles. The van der Waals surface area contributed by atoms with Gasteiger partial charge in [0.15, 0.2) is 5.78 Å². The first-order valence-corrected chi connectivity index (χ1v) is 5.47. The van der Waals surface area contributed by atoms with Crippen LogP contribution in [0.1, 0.15) is 38.1 Å². The first-order valence-electron chi connectivity index (χ1n) is 5.47. The van der Waals surface area contributed by atoms with E-state index in [2.05, 4.69) is 0 Å². The van der Waals surface area contributed by atoms with Gasteiger partial charge in [-0.25, -0.2) is 0 Å². The summed E-state index contributed by atoms with van der Waals surface area (Å²) in [6.07, 6.45) is 3.82. The third kappa shape index (κ3) is 4.59. The predicted molar refractivity (Wildman–Crippen MR) is 66.1 cm³/mol. The largest absolute Gasteiger partial charge is 0.294 e. The van der Waals surface area contributed by atoms with Crippen molar-refractivity contribution in [2.24, 2.45) is 5.92 Å². The number of hydrogen-bond donors (Lipinski definition) is 0. The molecule has 0 aliphatic heterocycles. The van der Waals surface area contributed by atoms with Crippen LogP contribution in [0.3, 0.4) is 0 Å². The molecule has 0 saturated carbocycles. The van der Waals surface area contributed by atoms with Crippen molar-refractivity contribution in [2.75, 3.05) is 0 Å². The van der Waals surface area contributed by atoms with Gasteiger partial charge in [-0.05, 0) is 6.92 Å². The Morgan fingerprint density at radius 1 is 1.20 bits per heavy atom. The van der Waals surface area contributed by atoms with Gasteiger partial charge in [-0.15, -0.1) is 0 Å². The molecule has 0 N–H and O–H groups in total. The summed E-state index contributed by atoms with van der Waals surface area (Å²) in [5.41, 5.74) is 0.785. The van der Waals surface area contributed by atoms with Crippen LogP contribution in [-0.4, -0.2) is 5.78 Å². The van der Waals surface area contributed by atoms with Crippen LogP contribution in [0, 0.1) is 5.92 Å². The average Bonchev–Trinajstić information content (AvgIpc) is 2.32. The SMILES string of the molecule is C/C=C/[C@@H](C)C(=O)c1ccccc1.CC. The number of Topliss-reactive ketones (excluding diaryl/α,β-unsaturated/α-hetero) is 1. The van der Waals surface area contributed by atoms with Crippen LogP contribution in [0.25, 0.3) is 0 Å². The second-order valence-electron chi connectivity index (χ2n) is 3.04. The Bertz CT molecular complexity index is 298. The topological polar surface area (TPSA) is 17.1 Å². The van der Waals surface area contributed by atoms with Crippen LogP contribution in [0.4, 0.5) is 0 Å². The summed E-state index contributed by atoms with van der Waals surface area (Å²) in [7, 11) is 0. The van der Waals surface area contributed by atoms with E-state index in [0.717, 1.165) is 5.56 Å². The number of carbonyl (C=O) groups is 1. The van der Waals surface area contributed by atoms with E-state index in [9.17, 15) is 4.79 Å². The molecular weight excluding hydrogens is 184 g/mol. The lowest BCUT2D eigenvalue weighted by atomic mass is 9.99. The molecule has 1 heteroatoms. The second-order valence-corrected chi connectivity index (χ2v) is 3.04. The van der Waals surface area contributed by atoms with Crippen LogP contribution in [-0.2, 0) is 0 Å². The van der Waals surface area contributed by atoms with Gasteiger partial charge in [-0.3, -0.25) is 4.79 Å². The molecule has 1 aromatic carbocycles. The zero-order valence-corrected chi connectivity index (χ0v) is 10.0. The number of allylic oxidation sites excluding steroid dienone is 2. The molecule has 1 nitrogen and oxygen atoms in total. The molecule has 1 rings (SSSR count). The average molecular weight is 204 g/mol. The summed E-state index contributed by atoms with van der Waals surface area (Å²) in [5.74, 6) is 0.158. The Kier molecular flexibility index (Phi) is 7.25. The van der Waals surface area contributed by atoms with E-state index in [1.165, 1.54) is 0 Å². The summed E-state index contributed by atoms with van der Waals surface area (Å²) in [6.45, 7) is 7.84. The molecule has 15 heavy (non-hydrogen) atoms. The van der Waals surface area contributed by atoms with Gasteiger partial charge in [-0.2, -0.15) is 0 Å².